The third kappa shape index (κ3) is 5.70. The van der Waals surface area contributed by atoms with Crippen LogP contribution in [0.4, 0.5) is 13.9 Å². The molecule has 4 atom stereocenters. The number of nitrogens with one attached hydrogen (secondary N) is 1. The number of amides is 1. The molecule has 1 aliphatic heterocycles. The minimum atomic E-state index is -3.41. The van der Waals surface area contributed by atoms with Gasteiger partial charge in [-0.2, -0.15) is 0 Å². The third-order valence-electron chi connectivity index (χ3n) is 5.77. The van der Waals surface area contributed by atoms with E-state index in [-0.39, 0.29) is 29.4 Å². The SMILES string of the molecule is CC1(C)OCC(c2csc(NC(=O)C(=CC3C[C@@H](F)[C@@H](F)C3)c3ccc(S(C)(=O)=O)cc3)n2)O1. The number of nitrogens with zero attached hydrogens (tertiary/aromatic N) is 1. The number of aromatic nitrogens is 1. The molecule has 7 nitrogen and oxygen atoms in total. The summed E-state index contributed by atoms with van der Waals surface area (Å²) in [5.74, 6) is -1.68. The number of hydrogen-bond donors (Lipinski definition) is 1. The molecule has 2 heterocycles. The lowest BCUT2D eigenvalue weighted by molar-refractivity contribution is -0.139. The summed E-state index contributed by atoms with van der Waals surface area (Å²) >= 11 is 1.22. The van der Waals surface area contributed by atoms with Crippen LogP contribution in [0.2, 0.25) is 0 Å². The lowest BCUT2D eigenvalue weighted by Crippen LogP contribution is -2.19. The van der Waals surface area contributed by atoms with Crippen molar-refractivity contribution in [3.05, 3.63) is 47.0 Å². The van der Waals surface area contributed by atoms with E-state index in [0.29, 0.717) is 23.0 Å². The van der Waals surface area contributed by atoms with Gasteiger partial charge in [0.25, 0.3) is 5.91 Å². The van der Waals surface area contributed by atoms with E-state index in [1.165, 1.54) is 35.6 Å². The highest BCUT2D eigenvalue weighted by molar-refractivity contribution is 7.90. The number of rotatable bonds is 6. The first-order valence-electron chi connectivity index (χ1n) is 10.8. The van der Waals surface area contributed by atoms with Crippen LogP contribution in [0.5, 0.6) is 0 Å². The van der Waals surface area contributed by atoms with E-state index in [2.05, 4.69) is 10.3 Å². The van der Waals surface area contributed by atoms with Crippen LogP contribution in [-0.4, -0.2) is 50.3 Å². The molecule has 0 spiro atoms. The predicted molar refractivity (Wildman–Crippen MR) is 125 cm³/mol. The van der Waals surface area contributed by atoms with Gasteiger partial charge in [-0.1, -0.05) is 18.2 Å². The highest BCUT2D eigenvalue weighted by Gasteiger charge is 2.36. The van der Waals surface area contributed by atoms with E-state index in [1.54, 1.807) is 25.3 Å². The zero-order valence-corrected chi connectivity index (χ0v) is 20.6. The number of carbonyl (C=O) groups is 1. The Kier molecular flexibility index (Phi) is 6.92. The Bertz CT molecular complexity index is 1180. The maximum absolute atomic E-state index is 13.8. The molecule has 1 N–H and O–H groups in total. The molecule has 11 heteroatoms. The number of benzene rings is 1. The Hall–Kier alpha value is -2.21. The summed E-state index contributed by atoms with van der Waals surface area (Å²) in [5.41, 5.74) is 1.27. The molecule has 0 radical (unpaired) electrons. The minimum absolute atomic E-state index is 0.0183. The second-order valence-electron chi connectivity index (χ2n) is 8.99. The zero-order chi connectivity index (χ0) is 24.7. The van der Waals surface area contributed by atoms with Crippen molar-refractivity contribution in [2.45, 2.75) is 55.8 Å². The number of anilines is 1. The molecule has 184 valence electrons. The fourth-order valence-corrected chi connectivity index (χ4v) is 5.39. The topological polar surface area (TPSA) is 94.6 Å². The summed E-state index contributed by atoms with van der Waals surface area (Å²) in [6.45, 7) is 3.96. The molecule has 1 saturated heterocycles. The third-order valence-corrected chi connectivity index (χ3v) is 7.67. The van der Waals surface area contributed by atoms with Crippen LogP contribution in [-0.2, 0) is 24.1 Å². The van der Waals surface area contributed by atoms with E-state index in [1.807, 2.05) is 0 Å². The zero-order valence-electron chi connectivity index (χ0n) is 19.0. The van der Waals surface area contributed by atoms with E-state index >= 15 is 0 Å². The number of allylic oxidation sites excluding steroid dienone is 1. The maximum atomic E-state index is 13.8. The van der Waals surface area contributed by atoms with Crippen molar-refractivity contribution >= 4 is 37.8 Å². The molecule has 0 bridgehead atoms. The number of carbonyl (C=O) groups excluding carboxylic acids is 1. The Morgan fingerprint density at radius 1 is 1.21 bits per heavy atom. The number of hydrogen-bond acceptors (Lipinski definition) is 7. The maximum Gasteiger partial charge on any atom is 0.257 e. The molecule has 1 amide bonds. The van der Waals surface area contributed by atoms with Gasteiger partial charge in [0.15, 0.2) is 20.8 Å². The monoisotopic (exact) mass is 512 g/mol. The summed E-state index contributed by atoms with van der Waals surface area (Å²) in [5, 5.41) is 4.85. The van der Waals surface area contributed by atoms with Gasteiger partial charge in [-0.15, -0.1) is 11.3 Å². The Labute approximate surface area is 201 Å². The lowest BCUT2D eigenvalue weighted by Gasteiger charge is -2.16. The van der Waals surface area contributed by atoms with Gasteiger partial charge in [0, 0.05) is 17.2 Å². The number of ether oxygens (including phenoxy) is 2. The van der Waals surface area contributed by atoms with E-state index < -0.39 is 39.8 Å². The van der Waals surface area contributed by atoms with Gasteiger partial charge in [-0.05, 0) is 50.3 Å². The molecule has 1 aromatic heterocycles. The van der Waals surface area contributed by atoms with Crippen molar-refractivity contribution < 1.29 is 31.5 Å². The van der Waals surface area contributed by atoms with Crippen LogP contribution in [0.3, 0.4) is 0 Å². The van der Waals surface area contributed by atoms with Crippen LogP contribution in [0, 0.1) is 5.92 Å². The number of alkyl halides is 2. The van der Waals surface area contributed by atoms with Gasteiger partial charge in [0.1, 0.15) is 18.4 Å². The highest BCUT2D eigenvalue weighted by Crippen LogP contribution is 2.36. The van der Waals surface area contributed by atoms with Crippen molar-refractivity contribution in [1.29, 1.82) is 0 Å². The summed E-state index contributed by atoms with van der Waals surface area (Å²) in [6.07, 6.45) is -0.882. The molecule has 2 aromatic rings. The number of thiazole rings is 1. The molecular formula is C23H26F2N2O5S2. The van der Waals surface area contributed by atoms with Gasteiger partial charge in [0.2, 0.25) is 0 Å². The first kappa shape index (κ1) is 24.9. The van der Waals surface area contributed by atoms with Crippen molar-refractivity contribution in [3.63, 3.8) is 0 Å². The second-order valence-corrected chi connectivity index (χ2v) is 11.9. The molecule has 1 aliphatic carbocycles. The molecule has 1 aromatic carbocycles. The van der Waals surface area contributed by atoms with Crippen molar-refractivity contribution in [2.24, 2.45) is 5.92 Å². The second kappa shape index (κ2) is 9.44. The molecule has 2 unspecified atom stereocenters. The molecule has 1 saturated carbocycles. The van der Waals surface area contributed by atoms with Gasteiger partial charge < -0.3 is 9.47 Å². The fraction of sp³-hybridized carbons (Fsp3) is 0.478. The predicted octanol–water partition coefficient (Wildman–Crippen LogP) is 4.48. The molecule has 4 rings (SSSR count). The molecular weight excluding hydrogens is 486 g/mol. The standard InChI is InChI=1S/C23H26F2N2O5S2/c1-23(2)31-11-20(32-23)19-12-33-22(26-19)27-21(28)16(8-13-9-17(24)18(25)10-13)14-4-6-15(7-5-14)34(3,29)30/h4-8,12-13,17-18,20H,9-11H2,1-3H3,(H,26,27,28)/t13?,17-,18+,20?. The normalized spacial score (nSPS) is 27.1. The van der Waals surface area contributed by atoms with Crippen LogP contribution in [0.25, 0.3) is 5.57 Å². The van der Waals surface area contributed by atoms with Gasteiger partial charge in [-0.25, -0.2) is 22.2 Å². The molecule has 2 aliphatic rings. The minimum Gasteiger partial charge on any atom is -0.347 e. The Balaban J connectivity index is 1.57. The first-order chi connectivity index (χ1) is 15.9. The number of halogens is 2. The van der Waals surface area contributed by atoms with Gasteiger partial charge in [0.05, 0.1) is 17.2 Å². The number of sulfone groups is 1. The highest BCUT2D eigenvalue weighted by atomic mass is 32.2. The van der Waals surface area contributed by atoms with Crippen molar-refractivity contribution in [2.75, 3.05) is 18.2 Å². The molecule has 2 fully saturated rings. The lowest BCUT2D eigenvalue weighted by atomic mass is 9.98. The van der Waals surface area contributed by atoms with Crippen LogP contribution < -0.4 is 5.32 Å². The summed E-state index contributed by atoms with van der Waals surface area (Å²) in [4.78, 5) is 17.7. The average Bonchev–Trinajstić information content (AvgIpc) is 3.44. The smallest absolute Gasteiger partial charge is 0.257 e. The average molecular weight is 513 g/mol. The van der Waals surface area contributed by atoms with Crippen LogP contribution in [0.15, 0.2) is 40.6 Å². The summed E-state index contributed by atoms with van der Waals surface area (Å²) in [6, 6.07) is 5.82. The largest absolute Gasteiger partial charge is 0.347 e. The Morgan fingerprint density at radius 2 is 1.85 bits per heavy atom. The fourth-order valence-electron chi connectivity index (χ4n) is 4.02. The van der Waals surface area contributed by atoms with Gasteiger partial charge in [-0.3, -0.25) is 10.1 Å². The Morgan fingerprint density at radius 3 is 2.41 bits per heavy atom. The summed E-state index contributed by atoms with van der Waals surface area (Å²) in [7, 11) is -3.41. The quantitative estimate of drug-likeness (QED) is 0.574. The molecule has 34 heavy (non-hydrogen) atoms. The van der Waals surface area contributed by atoms with Crippen molar-refractivity contribution in [3.8, 4) is 0 Å². The van der Waals surface area contributed by atoms with Crippen molar-refractivity contribution in [1.82, 2.24) is 4.98 Å². The van der Waals surface area contributed by atoms with Gasteiger partial charge >= 0.3 is 0 Å². The van der Waals surface area contributed by atoms with E-state index in [4.69, 9.17) is 9.47 Å². The van der Waals surface area contributed by atoms with E-state index in [0.717, 1.165) is 6.26 Å². The van der Waals surface area contributed by atoms with Crippen LogP contribution >= 0.6 is 11.3 Å². The summed E-state index contributed by atoms with van der Waals surface area (Å²) < 4.78 is 62.4. The van der Waals surface area contributed by atoms with Crippen LogP contribution in [0.1, 0.15) is 44.1 Å². The first-order valence-corrected chi connectivity index (χ1v) is 13.6. The van der Waals surface area contributed by atoms with E-state index in [9.17, 15) is 22.0 Å².